The zero-order chi connectivity index (χ0) is 19.0. The fourth-order valence-electron chi connectivity index (χ4n) is 3.14. The maximum absolute atomic E-state index is 13.9. The number of rotatable bonds is 3. The summed E-state index contributed by atoms with van der Waals surface area (Å²) in [6.45, 7) is 0.538. The fraction of sp³-hybridized carbons (Fsp3) is 0.100. The van der Waals surface area contributed by atoms with Gasteiger partial charge in [-0.1, -0.05) is 17.7 Å². The molecule has 5 nitrogen and oxygen atoms in total. The molecule has 0 fully saturated rings. The minimum absolute atomic E-state index is 0.0468. The number of nitrogens with one attached hydrogen (secondary N) is 1. The van der Waals surface area contributed by atoms with Gasteiger partial charge in [-0.05, 0) is 48.4 Å². The van der Waals surface area contributed by atoms with Gasteiger partial charge in [0.05, 0.1) is 22.4 Å². The van der Waals surface area contributed by atoms with Crippen LogP contribution in [-0.4, -0.2) is 18.4 Å². The Kier molecular flexibility index (Phi) is 4.41. The summed E-state index contributed by atoms with van der Waals surface area (Å²) in [5.41, 5.74) is 2.49. The Balaban J connectivity index is 1.56. The van der Waals surface area contributed by atoms with Crippen LogP contribution in [0.5, 0.6) is 0 Å². The number of hydrogen-bond acceptors (Lipinski definition) is 3. The van der Waals surface area contributed by atoms with E-state index in [1.54, 1.807) is 29.2 Å². The largest absolute Gasteiger partial charge is 0.472 e. The number of halogens is 2. The molecule has 1 aliphatic rings. The number of furan rings is 1. The normalized spacial score (nSPS) is 12.7. The van der Waals surface area contributed by atoms with Crippen LogP contribution in [-0.2, 0) is 6.42 Å². The lowest BCUT2D eigenvalue weighted by Gasteiger charge is -2.16. The second kappa shape index (κ2) is 6.89. The van der Waals surface area contributed by atoms with Crippen LogP contribution in [0.15, 0.2) is 59.4 Å². The molecule has 7 heteroatoms. The third-order valence-corrected chi connectivity index (χ3v) is 4.75. The van der Waals surface area contributed by atoms with E-state index < -0.39 is 11.7 Å². The molecule has 0 saturated carbocycles. The predicted molar refractivity (Wildman–Crippen MR) is 99.9 cm³/mol. The molecule has 3 aromatic rings. The third kappa shape index (κ3) is 3.19. The van der Waals surface area contributed by atoms with E-state index in [-0.39, 0.29) is 16.5 Å². The quantitative estimate of drug-likeness (QED) is 0.721. The Labute approximate surface area is 159 Å². The minimum Gasteiger partial charge on any atom is -0.472 e. The van der Waals surface area contributed by atoms with E-state index in [0.717, 1.165) is 11.3 Å². The van der Waals surface area contributed by atoms with E-state index in [0.29, 0.717) is 24.2 Å². The summed E-state index contributed by atoms with van der Waals surface area (Å²) in [6.07, 6.45) is 3.52. The van der Waals surface area contributed by atoms with Gasteiger partial charge in [0.2, 0.25) is 0 Å². The first-order valence-corrected chi connectivity index (χ1v) is 8.65. The highest BCUT2D eigenvalue weighted by Crippen LogP contribution is 2.32. The van der Waals surface area contributed by atoms with Crippen molar-refractivity contribution in [2.45, 2.75) is 6.42 Å². The minimum atomic E-state index is -0.682. The number of nitrogens with zero attached hydrogens (tertiary/aromatic N) is 1. The van der Waals surface area contributed by atoms with Gasteiger partial charge in [-0.3, -0.25) is 9.59 Å². The first-order valence-electron chi connectivity index (χ1n) is 8.27. The number of fused-ring (bicyclic) bond motifs is 1. The second-order valence-electron chi connectivity index (χ2n) is 6.11. The van der Waals surface area contributed by atoms with Gasteiger partial charge in [-0.15, -0.1) is 0 Å². The number of carbonyl (C=O) groups is 2. The fourth-order valence-corrected chi connectivity index (χ4v) is 3.39. The van der Waals surface area contributed by atoms with Crippen LogP contribution >= 0.6 is 11.6 Å². The SMILES string of the molecule is O=C(Nc1ccc2c(c1)CCN2C(=O)c1ccoc1)c1c(F)cccc1Cl. The molecule has 2 aromatic carbocycles. The standard InChI is InChI=1S/C20H14ClFN2O3/c21-15-2-1-3-16(22)18(15)19(25)23-14-4-5-17-12(10-14)6-8-24(17)20(26)13-7-9-27-11-13/h1-5,7,9-11H,6,8H2,(H,23,25). The summed E-state index contributed by atoms with van der Waals surface area (Å²) in [5, 5.41) is 2.71. The molecule has 0 radical (unpaired) electrons. The first-order chi connectivity index (χ1) is 13.0. The van der Waals surface area contributed by atoms with Gasteiger partial charge in [0.25, 0.3) is 11.8 Å². The van der Waals surface area contributed by atoms with Crippen LogP contribution in [0.3, 0.4) is 0 Å². The summed E-state index contributed by atoms with van der Waals surface area (Å²) < 4.78 is 18.9. The Bertz CT molecular complexity index is 1010. The maximum Gasteiger partial charge on any atom is 0.261 e. The Morgan fingerprint density at radius 2 is 2.04 bits per heavy atom. The number of anilines is 2. The summed E-state index contributed by atoms with van der Waals surface area (Å²) in [4.78, 5) is 26.6. The Morgan fingerprint density at radius 3 is 2.78 bits per heavy atom. The smallest absolute Gasteiger partial charge is 0.261 e. The van der Waals surface area contributed by atoms with Crippen LogP contribution in [0, 0.1) is 5.82 Å². The average Bonchev–Trinajstić information content (AvgIpc) is 3.31. The zero-order valence-electron chi connectivity index (χ0n) is 14.0. The highest BCUT2D eigenvalue weighted by molar-refractivity contribution is 6.34. The maximum atomic E-state index is 13.9. The second-order valence-corrected chi connectivity index (χ2v) is 6.52. The molecule has 0 unspecified atom stereocenters. The van der Waals surface area contributed by atoms with E-state index in [1.165, 1.54) is 30.7 Å². The van der Waals surface area contributed by atoms with E-state index >= 15 is 0 Å². The van der Waals surface area contributed by atoms with Crippen LogP contribution in [0.25, 0.3) is 0 Å². The van der Waals surface area contributed by atoms with Gasteiger partial charge in [0, 0.05) is 17.9 Å². The Morgan fingerprint density at radius 1 is 1.19 bits per heavy atom. The molecule has 2 heterocycles. The number of hydrogen-bond donors (Lipinski definition) is 1. The van der Waals surface area contributed by atoms with Crippen molar-refractivity contribution in [3.8, 4) is 0 Å². The predicted octanol–water partition coefficient (Wildman–Crippen LogP) is 4.53. The van der Waals surface area contributed by atoms with E-state index in [1.807, 2.05) is 0 Å². The van der Waals surface area contributed by atoms with Gasteiger partial charge in [0.1, 0.15) is 12.1 Å². The molecular formula is C20H14ClFN2O3. The molecule has 136 valence electrons. The molecule has 2 amide bonds. The van der Waals surface area contributed by atoms with E-state index in [4.69, 9.17) is 16.0 Å². The van der Waals surface area contributed by atoms with Crippen LogP contribution in [0.1, 0.15) is 26.3 Å². The summed E-state index contributed by atoms with van der Waals surface area (Å²) in [6, 6.07) is 10.9. The molecule has 4 rings (SSSR count). The number of carbonyl (C=O) groups excluding carboxylic acids is 2. The number of amides is 2. The molecular weight excluding hydrogens is 371 g/mol. The van der Waals surface area contributed by atoms with Crippen molar-refractivity contribution in [2.75, 3.05) is 16.8 Å². The van der Waals surface area contributed by atoms with Gasteiger partial charge >= 0.3 is 0 Å². The molecule has 1 aliphatic heterocycles. The van der Waals surface area contributed by atoms with Crippen molar-refractivity contribution in [2.24, 2.45) is 0 Å². The van der Waals surface area contributed by atoms with Crippen molar-refractivity contribution in [1.29, 1.82) is 0 Å². The molecule has 0 spiro atoms. The molecule has 0 aliphatic carbocycles. The topological polar surface area (TPSA) is 62.6 Å². The number of benzene rings is 2. The van der Waals surface area contributed by atoms with Crippen molar-refractivity contribution in [3.63, 3.8) is 0 Å². The molecule has 0 bridgehead atoms. The van der Waals surface area contributed by atoms with Crippen LogP contribution in [0.2, 0.25) is 5.02 Å². The summed E-state index contributed by atoms with van der Waals surface area (Å²) in [5.74, 6) is -1.45. The van der Waals surface area contributed by atoms with Crippen LogP contribution in [0.4, 0.5) is 15.8 Å². The van der Waals surface area contributed by atoms with Crippen molar-refractivity contribution in [3.05, 3.63) is 82.5 Å². The summed E-state index contributed by atoms with van der Waals surface area (Å²) >= 11 is 5.93. The van der Waals surface area contributed by atoms with Gasteiger partial charge in [0.15, 0.2) is 0 Å². The van der Waals surface area contributed by atoms with Crippen LogP contribution < -0.4 is 10.2 Å². The van der Waals surface area contributed by atoms with Crippen molar-refractivity contribution >= 4 is 34.8 Å². The monoisotopic (exact) mass is 384 g/mol. The molecule has 0 atom stereocenters. The van der Waals surface area contributed by atoms with Crippen molar-refractivity contribution < 1.29 is 18.4 Å². The van der Waals surface area contributed by atoms with E-state index in [2.05, 4.69) is 5.32 Å². The Hall–Kier alpha value is -3.12. The summed E-state index contributed by atoms with van der Waals surface area (Å²) in [7, 11) is 0. The zero-order valence-corrected chi connectivity index (χ0v) is 14.8. The van der Waals surface area contributed by atoms with Gasteiger partial charge < -0.3 is 14.6 Å². The van der Waals surface area contributed by atoms with E-state index in [9.17, 15) is 14.0 Å². The molecule has 27 heavy (non-hydrogen) atoms. The van der Waals surface area contributed by atoms with Gasteiger partial charge in [-0.25, -0.2) is 4.39 Å². The lowest BCUT2D eigenvalue weighted by molar-refractivity contribution is 0.0986. The lowest BCUT2D eigenvalue weighted by atomic mass is 10.1. The highest BCUT2D eigenvalue weighted by atomic mass is 35.5. The third-order valence-electron chi connectivity index (χ3n) is 4.44. The molecule has 0 saturated heterocycles. The highest BCUT2D eigenvalue weighted by Gasteiger charge is 2.26. The van der Waals surface area contributed by atoms with Gasteiger partial charge in [-0.2, -0.15) is 0 Å². The first kappa shape index (κ1) is 17.3. The molecule has 1 aromatic heterocycles. The van der Waals surface area contributed by atoms with Crippen molar-refractivity contribution in [1.82, 2.24) is 0 Å². The lowest BCUT2D eigenvalue weighted by Crippen LogP contribution is -2.28. The molecule has 1 N–H and O–H groups in total. The average molecular weight is 385 g/mol.